The van der Waals surface area contributed by atoms with Crippen LogP contribution in [0.1, 0.15) is 64.0 Å². The van der Waals surface area contributed by atoms with Crippen LogP contribution in [0.3, 0.4) is 0 Å². The van der Waals surface area contributed by atoms with Crippen molar-refractivity contribution >= 4 is 5.71 Å². The Balaban J connectivity index is 2.93. The Morgan fingerprint density at radius 1 is 1.15 bits per heavy atom. The first-order valence-corrected chi connectivity index (χ1v) is 7.48. The van der Waals surface area contributed by atoms with E-state index in [9.17, 15) is 5.11 Å². The molecule has 3 heteroatoms. The van der Waals surface area contributed by atoms with Crippen LogP contribution in [0.4, 0.5) is 0 Å². The van der Waals surface area contributed by atoms with E-state index >= 15 is 0 Å². The highest BCUT2D eigenvalue weighted by atomic mass is 16.4. The Hall–Kier alpha value is -1.35. The zero-order valence-corrected chi connectivity index (χ0v) is 12.9. The molecule has 0 saturated heterocycles. The third kappa shape index (κ3) is 4.34. The molecule has 1 aromatic rings. The largest absolute Gasteiger partial charge is 0.411 e. The third-order valence-corrected chi connectivity index (χ3v) is 3.89. The number of benzene rings is 1. The summed E-state index contributed by atoms with van der Waals surface area (Å²) >= 11 is 0. The summed E-state index contributed by atoms with van der Waals surface area (Å²) in [6.45, 7) is 6.39. The first-order chi connectivity index (χ1) is 9.56. The maximum atomic E-state index is 9.32. The van der Waals surface area contributed by atoms with Gasteiger partial charge in [-0.15, -0.1) is 0 Å². The lowest BCUT2D eigenvalue weighted by molar-refractivity contribution is 0.303. The van der Waals surface area contributed by atoms with E-state index < -0.39 is 0 Å². The first kappa shape index (κ1) is 16.7. The summed E-state index contributed by atoms with van der Waals surface area (Å²) in [4.78, 5) is 0. The number of hydrogen-bond donors (Lipinski definition) is 2. The molecule has 0 atom stereocenters. The minimum Gasteiger partial charge on any atom is -0.411 e. The highest BCUT2D eigenvalue weighted by Crippen LogP contribution is 2.32. The lowest BCUT2D eigenvalue weighted by atomic mass is 9.77. The van der Waals surface area contributed by atoms with Crippen LogP contribution in [-0.2, 0) is 5.41 Å². The maximum absolute atomic E-state index is 9.32. The molecule has 0 spiro atoms. The smallest absolute Gasteiger partial charge is 0.112 e. The summed E-state index contributed by atoms with van der Waals surface area (Å²) in [6, 6.07) is 7.89. The van der Waals surface area contributed by atoms with E-state index in [0.29, 0.717) is 5.71 Å². The molecule has 0 heterocycles. The molecule has 0 saturated carbocycles. The van der Waals surface area contributed by atoms with Crippen molar-refractivity contribution < 1.29 is 10.3 Å². The molecule has 2 N–H and O–H groups in total. The Labute approximate surface area is 122 Å². The number of nitrogens with zero attached hydrogens (tertiary/aromatic N) is 1. The van der Waals surface area contributed by atoms with Gasteiger partial charge >= 0.3 is 0 Å². The summed E-state index contributed by atoms with van der Waals surface area (Å²) in [5, 5.41) is 21.6. The number of aliphatic hydroxyl groups is 1. The molecule has 0 fully saturated rings. The van der Waals surface area contributed by atoms with Crippen LogP contribution in [0.25, 0.3) is 0 Å². The zero-order chi connectivity index (χ0) is 15.0. The highest BCUT2D eigenvalue weighted by Gasteiger charge is 2.24. The lowest BCUT2D eigenvalue weighted by Crippen LogP contribution is -2.22. The summed E-state index contributed by atoms with van der Waals surface area (Å²) < 4.78 is 0. The summed E-state index contributed by atoms with van der Waals surface area (Å²) in [7, 11) is 0. The quantitative estimate of drug-likeness (QED) is 0.325. The van der Waals surface area contributed by atoms with Crippen molar-refractivity contribution in [1.29, 1.82) is 0 Å². The second-order valence-corrected chi connectivity index (χ2v) is 5.94. The number of oxime groups is 1. The number of unbranched alkanes of at least 4 members (excludes halogenated alkanes) is 3. The fourth-order valence-electron chi connectivity index (χ4n) is 2.62. The molecule has 0 aliphatic carbocycles. The summed E-state index contributed by atoms with van der Waals surface area (Å²) in [6.07, 6.45) is 6.05. The molecule has 0 aliphatic heterocycles. The van der Waals surface area contributed by atoms with Gasteiger partial charge < -0.3 is 10.3 Å². The monoisotopic (exact) mass is 277 g/mol. The third-order valence-electron chi connectivity index (χ3n) is 3.89. The van der Waals surface area contributed by atoms with Crippen molar-refractivity contribution in [3.8, 4) is 0 Å². The van der Waals surface area contributed by atoms with Crippen molar-refractivity contribution in [3.63, 3.8) is 0 Å². The minimum atomic E-state index is -0.251. The molecule has 0 bridgehead atoms. The van der Waals surface area contributed by atoms with E-state index in [1.807, 2.05) is 18.2 Å². The van der Waals surface area contributed by atoms with Gasteiger partial charge in [0.25, 0.3) is 0 Å². The van der Waals surface area contributed by atoms with Gasteiger partial charge in [0.05, 0.1) is 6.61 Å². The SMILES string of the molecule is CCCCCCC(C)(C)c1ccccc1/C(CO)=N/O. The molecular weight excluding hydrogens is 250 g/mol. The van der Waals surface area contributed by atoms with E-state index in [1.165, 1.54) is 25.7 Å². The number of hydrogen-bond acceptors (Lipinski definition) is 3. The van der Waals surface area contributed by atoms with Gasteiger partial charge in [0.2, 0.25) is 0 Å². The zero-order valence-electron chi connectivity index (χ0n) is 12.9. The summed E-state index contributed by atoms with van der Waals surface area (Å²) in [5.41, 5.74) is 2.33. The van der Waals surface area contributed by atoms with Gasteiger partial charge in [-0.05, 0) is 17.4 Å². The van der Waals surface area contributed by atoms with E-state index in [1.54, 1.807) is 0 Å². The van der Waals surface area contributed by atoms with Crippen LogP contribution in [0.5, 0.6) is 0 Å². The Morgan fingerprint density at radius 3 is 2.45 bits per heavy atom. The first-order valence-electron chi connectivity index (χ1n) is 7.48. The van der Waals surface area contributed by atoms with Gasteiger partial charge in [-0.3, -0.25) is 0 Å². The average molecular weight is 277 g/mol. The average Bonchev–Trinajstić information content (AvgIpc) is 2.45. The topological polar surface area (TPSA) is 52.8 Å². The molecule has 0 amide bonds. The van der Waals surface area contributed by atoms with Gasteiger partial charge in [-0.2, -0.15) is 0 Å². The molecule has 20 heavy (non-hydrogen) atoms. The van der Waals surface area contributed by atoms with Crippen LogP contribution >= 0.6 is 0 Å². The Morgan fingerprint density at radius 2 is 1.85 bits per heavy atom. The van der Waals surface area contributed by atoms with Crippen LogP contribution < -0.4 is 0 Å². The molecule has 112 valence electrons. The van der Waals surface area contributed by atoms with Gasteiger partial charge in [0, 0.05) is 5.56 Å². The molecule has 3 nitrogen and oxygen atoms in total. The minimum absolute atomic E-state index is 0.00937. The normalized spacial score (nSPS) is 12.7. The van der Waals surface area contributed by atoms with Gasteiger partial charge in [-0.1, -0.05) is 75.9 Å². The van der Waals surface area contributed by atoms with Gasteiger partial charge in [0.15, 0.2) is 0 Å². The predicted molar refractivity (Wildman–Crippen MR) is 83.6 cm³/mol. The molecule has 0 radical (unpaired) electrons. The van der Waals surface area contributed by atoms with Crippen LogP contribution in [0.15, 0.2) is 29.4 Å². The van der Waals surface area contributed by atoms with Crippen molar-refractivity contribution in [2.75, 3.05) is 6.61 Å². The summed E-state index contributed by atoms with van der Waals surface area (Å²) in [5.74, 6) is 0. The van der Waals surface area contributed by atoms with E-state index in [0.717, 1.165) is 17.5 Å². The highest BCUT2D eigenvalue weighted by molar-refractivity contribution is 6.02. The maximum Gasteiger partial charge on any atom is 0.112 e. The lowest BCUT2D eigenvalue weighted by Gasteiger charge is -2.28. The molecule has 1 aromatic carbocycles. The second kappa shape index (κ2) is 8.05. The number of rotatable bonds is 8. The fraction of sp³-hybridized carbons (Fsp3) is 0.588. The van der Waals surface area contributed by atoms with Gasteiger partial charge in [-0.25, -0.2) is 0 Å². The van der Waals surface area contributed by atoms with E-state index in [-0.39, 0.29) is 12.0 Å². The molecule has 0 aromatic heterocycles. The molecule has 0 unspecified atom stereocenters. The van der Waals surface area contributed by atoms with Crippen LogP contribution in [-0.4, -0.2) is 22.6 Å². The standard InChI is InChI=1S/C17H27NO2/c1-4-5-6-9-12-17(2,3)15-11-8-7-10-14(15)16(13-19)18-20/h7-8,10-11,19-20H,4-6,9,12-13H2,1-3H3/b18-16+. The molecular formula is C17H27NO2. The van der Waals surface area contributed by atoms with Crippen molar-refractivity contribution in [1.82, 2.24) is 0 Å². The fourth-order valence-corrected chi connectivity index (χ4v) is 2.62. The van der Waals surface area contributed by atoms with Gasteiger partial charge in [0.1, 0.15) is 5.71 Å². The molecule has 1 rings (SSSR count). The van der Waals surface area contributed by atoms with Crippen LogP contribution in [0, 0.1) is 0 Å². The Kier molecular flexibility index (Phi) is 6.73. The van der Waals surface area contributed by atoms with E-state index in [4.69, 9.17) is 5.21 Å². The van der Waals surface area contributed by atoms with Crippen molar-refractivity contribution in [2.24, 2.45) is 5.16 Å². The second-order valence-electron chi connectivity index (χ2n) is 5.94. The van der Waals surface area contributed by atoms with Crippen molar-refractivity contribution in [3.05, 3.63) is 35.4 Å². The Bertz CT molecular complexity index is 438. The van der Waals surface area contributed by atoms with E-state index in [2.05, 4.69) is 32.0 Å². The predicted octanol–water partition coefficient (Wildman–Crippen LogP) is 4.11. The number of aliphatic hydroxyl groups excluding tert-OH is 1. The van der Waals surface area contributed by atoms with Crippen LogP contribution in [0.2, 0.25) is 0 Å². The van der Waals surface area contributed by atoms with Crippen molar-refractivity contribution in [2.45, 2.75) is 58.3 Å². The molecule has 0 aliphatic rings.